The standard InChI is InChI=1S/C15H14BrN3/c16-14-3-1-12(2-4-14)7-15(5-6-15)11-19-10-13(8-17)9-18/h1-4,10,19H,5-7,11H2. The minimum atomic E-state index is 0.124. The predicted molar refractivity (Wildman–Crippen MR) is 76.8 cm³/mol. The first-order chi connectivity index (χ1) is 9.17. The van der Waals surface area contributed by atoms with Crippen molar-refractivity contribution >= 4 is 15.9 Å². The van der Waals surface area contributed by atoms with Gasteiger partial charge in [0.15, 0.2) is 0 Å². The van der Waals surface area contributed by atoms with Gasteiger partial charge in [-0.3, -0.25) is 0 Å². The fourth-order valence-electron chi connectivity index (χ4n) is 2.09. The fourth-order valence-corrected chi connectivity index (χ4v) is 2.35. The molecule has 4 heteroatoms. The first kappa shape index (κ1) is 13.6. The van der Waals surface area contributed by atoms with Gasteiger partial charge in [0, 0.05) is 17.2 Å². The number of hydrogen-bond acceptors (Lipinski definition) is 3. The van der Waals surface area contributed by atoms with Crippen LogP contribution in [0.15, 0.2) is 40.5 Å². The van der Waals surface area contributed by atoms with Gasteiger partial charge in [-0.1, -0.05) is 28.1 Å². The minimum Gasteiger partial charge on any atom is -0.389 e. The van der Waals surface area contributed by atoms with Gasteiger partial charge in [-0.2, -0.15) is 10.5 Å². The normalized spacial score (nSPS) is 14.9. The van der Waals surface area contributed by atoms with Crippen molar-refractivity contribution in [1.29, 1.82) is 10.5 Å². The van der Waals surface area contributed by atoms with Crippen LogP contribution in [0.5, 0.6) is 0 Å². The Labute approximate surface area is 121 Å². The number of nitrogens with zero attached hydrogens (tertiary/aromatic N) is 2. The van der Waals surface area contributed by atoms with Crippen LogP contribution in [0.25, 0.3) is 0 Å². The van der Waals surface area contributed by atoms with Gasteiger partial charge < -0.3 is 5.32 Å². The van der Waals surface area contributed by atoms with Crippen LogP contribution in [0, 0.1) is 28.1 Å². The quantitative estimate of drug-likeness (QED) is 0.848. The van der Waals surface area contributed by atoms with Gasteiger partial charge >= 0.3 is 0 Å². The molecule has 0 amide bonds. The molecule has 0 unspecified atom stereocenters. The number of hydrogen-bond donors (Lipinski definition) is 1. The second-order valence-corrected chi connectivity index (χ2v) is 5.88. The van der Waals surface area contributed by atoms with Crippen LogP contribution in [0.4, 0.5) is 0 Å². The van der Waals surface area contributed by atoms with Crippen molar-refractivity contribution in [3.8, 4) is 12.1 Å². The van der Waals surface area contributed by atoms with Gasteiger partial charge in [-0.15, -0.1) is 0 Å². The molecule has 96 valence electrons. The van der Waals surface area contributed by atoms with Crippen LogP contribution in [0.1, 0.15) is 18.4 Å². The number of benzene rings is 1. The van der Waals surface area contributed by atoms with Crippen molar-refractivity contribution in [2.75, 3.05) is 6.54 Å². The topological polar surface area (TPSA) is 59.6 Å². The number of halogens is 1. The van der Waals surface area contributed by atoms with E-state index in [0.717, 1.165) is 17.4 Å². The molecule has 1 aromatic carbocycles. The molecule has 0 saturated heterocycles. The zero-order valence-electron chi connectivity index (χ0n) is 10.5. The molecule has 0 heterocycles. The molecule has 1 N–H and O–H groups in total. The van der Waals surface area contributed by atoms with E-state index in [2.05, 4.69) is 45.5 Å². The average molecular weight is 316 g/mol. The highest BCUT2D eigenvalue weighted by molar-refractivity contribution is 9.10. The SMILES string of the molecule is N#CC(C#N)=CNCC1(Cc2ccc(Br)cc2)CC1. The Morgan fingerprint density at radius 2 is 1.89 bits per heavy atom. The van der Waals surface area contributed by atoms with E-state index >= 15 is 0 Å². The summed E-state index contributed by atoms with van der Waals surface area (Å²) in [7, 11) is 0. The van der Waals surface area contributed by atoms with E-state index in [9.17, 15) is 0 Å². The van der Waals surface area contributed by atoms with Crippen LogP contribution in [-0.2, 0) is 6.42 Å². The number of allylic oxidation sites excluding steroid dienone is 1. The van der Waals surface area contributed by atoms with Crippen molar-refractivity contribution < 1.29 is 0 Å². The molecule has 0 spiro atoms. The summed E-state index contributed by atoms with van der Waals surface area (Å²) in [5.41, 5.74) is 1.74. The van der Waals surface area contributed by atoms with Gasteiger partial charge in [-0.05, 0) is 42.4 Å². The van der Waals surface area contributed by atoms with Gasteiger partial charge in [0.2, 0.25) is 0 Å². The Morgan fingerprint density at radius 3 is 2.42 bits per heavy atom. The zero-order valence-corrected chi connectivity index (χ0v) is 12.1. The lowest BCUT2D eigenvalue weighted by atomic mass is 9.96. The first-order valence-corrected chi connectivity index (χ1v) is 6.95. The number of rotatable bonds is 5. The lowest BCUT2D eigenvalue weighted by Gasteiger charge is -2.15. The van der Waals surface area contributed by atoms with Crippen molar-refractivity contribution in [2.24, 2.45) is 5.41 Å². The van der Waals surface area contributed by atoms with Crippen LogP contribution in [0.2, 0.25) is 0 Å². The third-order valence-corrected chi connectivity index (χ3v) is 3.94. The van der Waals surface area contributed by atoms with Crippen molar-refractivity contribution in [3.05, 3.63) is 46.1 Å². The summed E-state index contributed by atoms with van der Waals surface area (Å²) in [6.45, 7) is 0.815. The molecule has 0 aliphatic heterocycles. The first-order valence-electron chi connectivity index (χ1n) is 6.16. The molecule has 0 atom stereocenters. The minimum absolute atomic E-state index is 0.124. The maximum Gasteiger partial charge on any atom is 0.145 e. The van der Waals surface area contributed by atoms with Gasteiger partial charge in [0.05, 0.1) is 0 Å². The molecule has 19 heavy (non-hydrogen) atoms. The Morgan fingerprint density at radius 1 is 1.26 bits per heavy atom. The molecule has 2 rings (SSSR count). The van der Waals surface area contributed by atoms with E-state index in [1.165, 1.54) is 24.6 Å². The van der Waals surface area contributed by atoms with Crippen LogP contribution >= 0.6 is 15.9 Å². The Bertz CT molecular complexity index is 541. The summed E-state index contributed by atoms with van der Waals surface area (Å²) in [4.78, 5) is 0. The zero-order chi connectivity index (χ0) is 13.7. The molecule has 0 aromatic heterocycles. The lowest BCUT2D eigenvalue weighted by molar-refractivity contribution is 0.487. The molecule has 1 saturated carbocycles. The van der Waals surface area contributed by atoms with E-state index in [0.29, 0.717) is 5.41 Å². The molecule has 1 aromatic rings. The van der Waals surface area contributed by atoms with Crippen molar-refractivity contribution in [3.63, 3.8) is 0 Å². The maximum absolute atomic E-state index is 8.65. The number of nitrogens with one attached hydrogen (secondary N) is 1. The van der Waals surface area contributed by atoms with Gasteiger partial charge in [0.1, 0.15) is 17.7 Å². The van der Waals surface area contributed by atoms with E-state index in [1.807, 2.05) is 12.1 Å². The Hall–Kier alpha value is -1.78. The summed E-state index contributed by atoms with van der Waals surface area (Å²) >= 11 is 3.43. The molecule has 0 bridgehead atoms. The summed E-state index contributed by atoms with van der Waals surface area (Å²) in [6, 6.07) is 12.1. The van der Waals surface area contributed by atoms with Gasteiger partial charge in [-0.25, -0.2) is 0 Å². The van der Waals surface area contributed by atoms with E-state index < -0.39 is 0 Å². The van der Waals surface area contributed by atoms with E-state index in [4.69, 9.17) is 10.5 Å². The molecule has 1 aliphatic rings. The summed E-state index contributed by atoms with van der Waals surface area (Å²) < 4.78 is 1.09. The second-order valence-electron chi connectivity index (χ2n) is 4.97. The van der Waals surface area contributed by atoms with Crippen LogP contribution < -0.4 is 5.32 Å². The Kier molecular flexibility index (Phi) is 4.24. The van der Waals surface area contributed by atoms with E-state index in [1.54, 1.807) is 0 Å². The van der Waals surface area contributed by atoms with Crippen molar-refractivity contribution in [2.45, 2.75) is 19.3 Å². The molecular formula is C15H14BrN3. The fraction of sp³-hybridized carbons (Fsp3) is 0.333. The Balaban J connectivity index is 1.90. The third kappa shape index (κ3) is 3.84. The highest BCUT2D eigenvalue weighted by Gasteiger charge is 2.41. The molecule has 1 aliphatic carbocycles. The maximum atomic E-state index is 8.65. The predicted octanol–water partition coefficient (Wildman–Crippen LogP) is 3.29. The molecule has 3 nitrogen and oxygen atoms in total. The smallest absolute Gasteiger partial charge is 0.145 e. The third-order valence-electron chi connectivity index (χ3n) is 3.41. The highest BCUT2D eigenvalue weighted by Crippen LogP contribution is 2.47. The molecule has 0 radical (unpaired) electrons. The van der Waals surface area contributed by atoms with Crippen molar-refractivity contribution in [1.82, 2.24) is 5.32 Å². The largest absolute Gasteiger partial charge is 0.389 e. The van der Waals surface area contributed by atoms with Crippen LogP contribution in [-0.4, -0.2) is 6.54 Å². The second kappa shape index (κ2) is 5.91. The molecule has 1 fully saturated rings. The average Bonchev–Trinajstić information content (AvgIpc) is 3.18. The van der Waals surface area contributed by atoms with Gasteiger partial charge in [0.25, 0.3) is 0 Å². The highest BCUT2D eigenvalue weighted by atomic mass is 79.9. The van der Waals surface area contributed by atoms with Crippen LogP contribution in [0.3, 0.4) is 0 Å². The van der Waals surface area contributed by atoms with E-state index in [-0.39, 0.29) is 5.57 Å². The lowest BCUT2D eigenvalue weighted by Crippen LogP contribution is -2.21. The monoisotopic (exact) mass is 315 g/mol. The summed E-state index contributed by atoms with van der Waals surface area (Å²) in [5, 5.41) is 20.4. The summed E-state index contributed by atoms with van der Waals surface area (Å²) in [5.74, 6) is 0. The molecular weight excluding hydrogens is 302 g/mol. The summed E-state index contributed by atoms with van der Waals surface area (Å²) in [6.07, 6.45) is 4.94. The number of nitriles is 2.